The van der Waals surface area contributed by atoms with Crippen LogP contribution in [0.5, 0.6) is 0 Å². The van der Waals surface area contributed by atoms with Crippen LogP contribution in [-0.2, 0) is 35.2 Å². The van der Waals surface area contributed by atoms with Crippen LogP contribution in [0.4, 0.5) is 0 Å². The average Bonchev–Trinajstić information content (AvgIpc) is 2.78. The Morgan fingerprint density at radius 3 is 1.89 bits per heavy atom. The Balaban J connectivity index is 3.14. The number of carboxylic acids is 1. The molecule has 1 rings (SSSR count). The Bertz CT molecular complexity index is 954. The summed E-state index contributed by atoms with van der Waals surface area (Å²) in [5.41, 5.74) is 16.5. The van der Waals surface area contributed by atoms with E-state index in [1.807, 2.05) is 0 Å². The first kappa shape index (κ1) is 30.0. The Morgan fingerprint density at radius 2 is 1.39 bits per heavy atom. The molecule has 13 heteroatoms. The van der Waals surface area contributed by atoms with Crippen LogP contribution in [0.15, 0.2) is 30.3 Å². The van der Waals surface area contributed by atoms with Crippen molar-refractivity contribution < 1.29 is 33.9 Å². The number of nitrogens with one attached hydrogen (secondary N) is 3. The van der Waals surface area contributed by atoms with E-state index >= 15 is 0 Å². The maximum Gasteiger partial charge on any atom is 0.326 e. The summed E-state index contributed by atoms with van der Waals surface area (Å²) >= 11 is 0. The Morgan fingerprint density at radius 1 is 0.833 bits per heavy atom. The van der Waals surface area contributed by atoms with E-state index in [1.165, 1.54) is 0 Å². The van der Waals surface area contributed by atoms with E-state index in [0.717, 1.165) is 0 Å². The van der Waals surface area contributed by atoms with Gasteiger partial charge in [-0.25, -0.2) is 4.79 Å². The zero-order valence-electron chi connectivity index (χ0n) is 20.2. The minimum atomic E-state index is -1.34. The van der Waals surface area contributed by atoms with Crippen molar-refractivity contribution in [2.45, 2.75) is 63.7 Å². The molecule has 0 aromatic heterocycles. The van der Waals surface area contributed by atoms with Crippen LogP contribution in [0, 0.1) is 5.92 Å². The highest BCUT2D eigenvalue weighted by molar-refractivity contribution is 5.95. The van der Waals surface area contributed by atoms with Crippen molar-refractivity contribution >= 4 is 35.5 Å². The topological polar surface area (TPSA) is 237 Å². The average molecular weight is 507 g/mol. The van der Waals surface area contributed by atoms with Crippen molar-refractivity contribution in [3.63, 3.8) is 0 Å². The van der Waals surface area contributed by atoms with Crippen LogP contribution in [0.25, 0.3) is 0 Å². The van der Waals surface area contributed by atoms with Crippen LogP contribution in [-0.4, -0.2) is 64.8 Å². The molecule has 0 aliphatic heterocycles. The normalized spacial score (nSPS) is 14.1. The van der Waals surface area contributed by atoms with Gasteiger partial charge in [-0.1, -0.05) is 44.2 Å². The molecule has 4 unspecified atom stereocenters. The van der Waals surface area contributed by atoms with E-state index in [-0.39, 0.29) is 19.3 Å². The summed E-state index contributed by atoms with van der Waals surface area (Å²) in [5, 5.41) is 16.7. The van der Waals surface area contributed by atoms with E-state index in [2.05, 4.69) is 16.0 Å². The minimum absolute atomic E-state index is 0.0144. The fraction of sp³-hybridized carbons (Fsp3) is 0.478. The summed E-state index contributed by atoms with van der Waals surface area (Å²) in [7, 11) is 0. The number of amides is 5. The summed E-state index contributed by atoms with van der Waals surface area (Å²) in [6, 6.07) is 3.59. The first-order chi connectivity index (χ1) is 16.8. The van der Waals surface area contributed by atoms with Crippen molar-refractivity contribution in [2.75, 3.05) is 0 Å². The van der Waals surface area contributed by atoms with Crippen LogP contribution in [0.2, 0.25) is 0 Å². The number of aliphatic carboxylic acids is 1. The lowest BCUT2D eigenvalue weighted by atomic mass is 10.0. The van der Waals surface area contributed by atoms with Crippen LogP contribution < -0.4 is 33.2 Å². The summed E-state index contributed by atoms with van der Waals surface area (Å²) in [5.74, 6) is -5.68. The first-order valence-corrected chi connectivity index (χ1v) is 11.3. The van der Waals surface area contributed by atoms with Crippen molar-refractivity contribution in [2.24, 2.45) is 23.1 Å². The molecule has 10 N–H and O–H groups in total. The minimum Gasteiger partial charge on any atom is -0.480 e. The fourth-order valence-electron chi connectivity index (χ4n) is 3.24. The quantitative estimate of drug-likeness (QED) is 0.139. The van der Waals surface area contributed by atoms with Gasteiger partial charge in [0.25, 0.3) is 0 Å². The third-order valence-electron chi connectivity index (χ3n) is 5.22. The smallest absolute Gasteiger partial charge is 0.326 e. The molecule has 0 fully saturated rings. The summed E-state index contributed by atoms with van der Waals surface area (Å²) in [6.45, 7) is 3.24. The number of hydrogen-bond donors (Lipinski definition) is 7. The second-order valence-electron chi connectivity index (χ2n) is 8.66. The highest BCUT2D eigenvalue weighted by Crippen LogP contribution is 2.08. The molecule has 0 saturated carbocycles. The Kier molecular flexibility index (Phi) is 12.0. The molecule has 0 aliphatic carbocycles. The van der Waals surface area contributed by atoms with Crippen molar-refractivity contribution in [3.05, 3.63) is 35.9 Å². The highest BCUT2D eigenvalue weighted by atomic mass is 16.4. The van der Waals surface area contributed by atoms with E-state index in [0.29, 0.717) is 5.56 Å². The van der Waals surface area contributed by atoms with Crippen molar-refractivity contribution in [1.29, 1.82) is 0 Å². The zero-order valence-corrected chi connectivity index (χ0v) is 20.2. The molecule has 0 saturated heterocycles. The summed E-state index contributed by atoms with van der Waals surface area (Å²) in [4.78, 5) is 72.4. The number of primary amides is 2. The van der Waals surface area contributed by atoms with E-state index < -0.39 is 72.0 Å². The van der Waals surface area contributed by atoms with Gasteiger partial charge in [-0.05, 0) is 17.9 Å². The van der Waals surface area contributed by atoms with Gasteiger partial charge in [0.05, 0.1) is 12.5 Å². The number of nitrogens with two attached hydrogens (primary N) is 3. The first-order valence-electron chi connectivity index (χ1n) is 11.3. The fourth-order valence-corrected chi connectivity index (χ4v) is 3.24. The van der Waals surface area contributed by atoms with Gasteiger partial charge in [-0.3, -0.25) is 24.0 Å². The van der Waals surface area contributed by atoms with Crippen LogP contribution in [0.1, 0.15) is 38.7 Å². The molecule has 0 bridgehead atoms. The number of rotatable bonds is 15. The summed E-state index contributed by atoms with van der Waals surface area (Å²) < 4.78 is 0. The van der Waals surface area contributed by atoms with Gasteiger partial charge in [0, 0.05) is 12.8 Å². The molecule has 1 aromatic carbocycles. The molecule has 5 amide bonds. The molecule has 198 valence electrons. The monoisotopic (exact) mass is 506 g/mol. The lowest BCUT2D eigenvalue weighted by Crippen LogP contribution is -2.58. The second kappa shape index (κ2) is 14.4. The molecule has 36 heavy (non-hydrogen) atoms. The van der Waals surface area contributed by atoms with Gasteiger partial charge < -0.3 is 38.3 Å². The molecular formula is C23H34N6O7. The number of carbonyl (C=O) groups is 6. The van der Waals surface area contributed by atoms with Gasteiger partial charge in [0.2, 0.25) is 29.5 Å². The lowest BCUT2D eigenvalue weighted by Gasteiger charge is -2.26. The third-order valence-corrected chi connectivity index (χ3v) is 5.22. The molecule has 13 nitrogen and oxygen atoms in total. The second-order valence-corrected chi connectivity index (χ2v) is 8.66. The zero-order chi connectivity index (χ0) is 27.4. The maximum absolute atomic E-state index is 13.1. The van der Waals surface area contributed by atoms with Gasteiger partial charge >= 0.3 is 5.97 Å². The van der Waals surface area contributed by atoms with Gasteiger partial charge in [0.1, 0.15) is 18.1 Å². The maximum atomic E-state index is 13.1. The third kappa shape index (κ3) is 10.5. The molecule has 1 aromatic rings. The number of carbonyl (C=O) groups excluding carboxylic acids is 5. The summed E-state index contributed by atoms with van der Waals surface area (Å²) in [6.07, 6.45) is -0.936. The van der Waals surface area contributed by atoms with Crippen LogP contribution in [0.3, 0.4) is 0 Å². The highest BCUT2D eigenvalue weighted by Gasteiger charge is 2.31. The SMILES string of the molecule is CC(C)C(NC(=O)C(Cc1ccccc1)NC(=O)C(CCC(N)=O)NC(=O)C(N)CC(N)=O)C(=O)O. The molecule has 0 heterocycles. The van der Waals surface area contributed by atoms with Crippen molar-refractivity contribution in [1.82, 2.24) is 16.0 Å². The van der Waals surface area contributed by atoms with Crippen molar-refractivity contribution in [3.8, 4) is 0 Å². The number of benzene rings is 1. The molecule has 0 aliphatic rings. The van der Waals surface area contributed by atoms with Crippen LogP contribution >= 0.6 is 0 Å². The van der Waals surface area contributed by atoms with E-state index in [1.54, 1.807) is 44.2 Å². The lowest BCUT2D eigenvalue weighted by molar-refractivity contribution is -0.143. The molecule has 4 atom stereocenters. The standard InChI is InChI=1S/C23H34N6O7/c1-12(2)19(23(35)36)29-22(34)16(10-13-6-4-3-5-7-13)28-21(33)15(8-9-17(25)30)27-20(32)14(24)11-18(26)31/h3-7,12,14-16,19H,8-11,24H2,1-2H3,(H2,25,30)(H2,26,31)(H,27,32)(H,28,33)(H,29,34)(H,35,36). The number of hydrogen-bond acceptors (Lipinski definition) is 7. The van der Waals surface area contributed by atoms with Gasteiger partial charge in [0.15, 0.2) is 0 Å². The Hall–Kier alpha value is -4.00. The molecular weight excluding hydrogens is 472 g/mol. The Labute approximate surface area is 208 Å². The number of carboxylic acid groups (broad SMARTS) is 1. The largest absolute Gasteiger partial charge is 0.480 e. The van der Waals surface area contributed by atoms with E-state index in [9.17, 15) is 33.9 Å². The van der Waals surface area contributed by atoms with Gasteiger partial charge in [-0.15, -0.1) is 0 Å². The molecule has 0 spiro atoms. The van der Waals surface area contributed by atoms with Gasteiger partial charge in [-0.2, -0.15) is 0 Å². The van der Waals surface area contributed by atoms with E-state index in [4.69, 9.17) is 17.2 Å². The molecule has 0 radical (unpaired) electrons. The predicted octanol–water partition coefficient (Wildman–Crippen LogP) is -2.11. The predicted molar refractivity (Wildman–Crippen MR) is 129 cm³/mol.